The molecule has 0 bridgehead atoms. The lowest BCUT2D eigenvalue weighted by Gasteiger charge is -2.32. The maximum absolute atomic E-state index is 6.37. The molecule has 0 saturated heterocycles. The Kier molecular flexibility index (Phi) is 2.88. The van der Waals surface area contributed by atoms with Gasteiger partial charge in [0.1, 0.15) is 4.60 Å². The van der Waals surface area contributed by atoms with Gasteiger partial charge in [0.15, 0.2) is 0 Å². The zero-order valence-corrected chi connectivity index (χ0v) is 9.76. The maximum atomic E-state index is 6.37. The van der Waals surface area contributed by atoms with Gasteiger partial charge in [0, 0.05) is 0 Å². The van der Waals surface area contributed by atoms with Gasteiger partial charge in [0.05, 0.1) is 11.2 Å². The van der Waals surface area contributed by atoms with Crippen LogP contribution in [0.2, 0.25) is 0 Å². The fraction of sp³-hybridized carbons (Fsp3) is 0.545. The molecular formula is C11H15BrN2. The summed E-state index contributed by atoms with van der Waals surface area (Å²) in [6.45, 7) is 0. The molecule has 0 aliphatic heterocycles. The molecule has 1 aliphatic carbocycles. The number of aromatic nitrogens is 1. The molecule has 2 N–H and O–H groups in total. The molecule has 0 spiro atoms. The van der Waals surface area contributed by atoms with Crippen molar-refractivity contribution in [3.8, 4) is 0 Å². The van der Waals surface area contributed by atoms with E-state index in [4.69, 9.17) is 5.73 Å². The van der Waals surface area contributed by atoms with E-state index in [0.717, 1.165) is 23.1 Å². The molecule has 0 unspecified atom stereocenters. The number of nitrogens with two attached hydrogens (primary N) is 1. The summed E-state index contributed by atoms with van der Waals surface area (Å²) in [5.74, 6) is 0. The highest BCUT2D eigenvalue weighted by atomic mass is 79.9. The smallest absolute Gasteiger partial charge is 0.106 e. The summed E-state index contributed by atoms with van der Waals surface area (Å²) in [6, 6.07) is 5.99. The number of pyridine rings is 1. The van der Waals surface area contributed by atoms with Gasteiger partial charge in [-0.1, -0.05) is 25.3 Å². The highest BCUT2D eigenvalue weighted by Gasteiger charge is 2.30. The summed E-state index contributed by atoms with van der Waals surface area (Å²) in [6.07, 6.45) is 5.90. The topological polar surface area (TPSA) is 38.9 Å². The highest BCUT2D eigenvalue weighted by Crippen LogP contribution is 2.33. The van der Waals surface area contributed by atoms with Gasteiger partial charge >= 0.3 is 0 Å². The Morgan fingerprint density at radius 3 is 2.57 bits per heavy atom. The van der Waals surface area contributed by atoms with E-state index in [1.165, 1.54) is 19.3 Å². The zero-order chi connectivity index (χ0) is 10.0. The second-order valence-corrected chi connectivity index (χ2v) is 4.87. The van der Waals surface area contributed by atoms with Gasteiger partial charge in [0.2, 0.25) is 0 Å². The van der Waals surface area contributed by atoms with E-state index in [1.807, 2.05) is 18.2 Å². The number of hydrogen-bond donors (Lipinski definition) is 1. The van der Waals surface area contributed by atoms with E-state index in [1.54, 1.807) is 0 Å². The molecule has 1 saturated carbocycles. The Morgan fingerprint density at radius 2 is 1.93 bits per heavy atom. The predicted octanol–water partition coefficient (Wildman–Crippen LogP) is 2.96. The monoisotopic (exact) mass is 254 g/mol. The largest absolute Gasteiger partial charge is 0.320 e. The average molecular weight is 255 g/mol. The molecule has 1 fully saturated rings. The van der Waals surface area contributed by atoms with Crippen LogP contribution in [-0.2, 0) is 5.54 Å². The van der Waals surface area contributed by atoms with Crippen LogP contribution in [0.15, 0.2) is 22.8 Å². The number of hydrogen-bond acceptors (Lipinski definition) is 2. The molecule has 0 aromatic carbocycles. The second-order valence-electron chi connectivity index (χ2n) is 4.06. The van der Waals surface area contributed by atoms with Crippen LogP contribution in [0.1, 0.15) is 37.8 Å². The van der Waals surface area contributed by atoms with Crippen molar-refractivity contribution in [1.29, 1.82) is 0 Å². The van der Waals surface area contributed by atoms with Gasteiger partial charge in [0.25, 0.3) is 0 Å². The summed E-state index contributed by atoms with van der Waals surface area (Å²) < 4.78 is 0.880. The summed E-state index contributed by atoms with van der Waals surface area (Å²) >= 11 is 3.39. The molecule has 0 atom stereocenters. The number of rotatable bonds is 1. The number of halogens is 1. The van der Waals surface area contributed by atoms with E-state index < -0.39 is 0 Å². The van der Waals surface area contributed by atoms with Crippen molar-refractivity contribution in [2.45, 2.75) is 37.6 Å². The summed E-state index contributed by atoms with van der Waals surface area (Å²) in [5, 5.41) is 0. The lowest BCUT2D eigenvalue weighted by Crippen LogP contribution is -2.39. The highest BCUT2D eigenvalue weighted by molar-refractivity contribution is 9.10. The molecule has 2 rings (SSSR count). The van der Waals surface area contributed by atoms with Crippen molar-refractivity contribution in [2.24, 2.45) is 5.73 Å². The molecule has 2 nitrogen and oxygen atoms in total. The SMILES string of the molecule is NC1(c2cccc(Br)n2)CCCCC1. The quantitative estimate of drug-likeness (QED) is 0.783. The molecular weight excluding hydrogens is 240 g/mol. The van der Waals surface area contributed by atoms with Gasteiger partial charge in [-0.05, 0) is 40.9 Å². The molecule has 0 amide bonds. The first kappa shape index (κ1) is 10.1. The Hall–Kier alpha value is -0.410. The van der Waals surface area contributed by atoms with E-state index in [-0.39, 0.29) is 5.54 Å². The summed E-state index contributed by atoms with van der Waals surface area (Å²) in [4.78, 5) is 4.46. The Morgan fingerprint density at radius 1 is 1.21 bits per heavy atom. The van der Waals surface area contributed by atoms with Gasteiger partial charge in [-0.25, -0.2) is 4.98 Å². The van der Waals surface area contributed by atoms with Crippen LogP contribution >= 0.6 is 15.9 Å². The van der Waals surface area contributed by atoms with Gasteiger partial charge in [-0.2, -0.15) is 0 Å². The standard InChI is InChI=1S/C11H15BrN2/c12-10-6-4-5-9(14-10)11(13)7-2-1-3-8-11/h4-6H,1-3,7-8,13H2. The van der Waals surface area contributed by atoms with Crippen LogP contribution in [0, 0.1) is 0 Å². The van der Waals surface area contributed by atoms with E-state index in [2.05, 4.69) is 20.9 Å². The van der Waals surface area contributed by atoms with E-state index in [9.17, 15) is 0 Å². The third-order valence-electron chi connectivity index (χ3n) is 2.97. The Bertz CT molecular complexity index is 319. The van der Waals surface area contributed by atoms with Crippen molar-refractivity contribution < 1.29 is 0 Å². The lowest BCUT2D eigenvalue weighted by atomic mass is 9.80. The first-order valence-corrected chi connectivity index (χ1v) is 5.92. The normalized spacial score (nSPS) is 20.7. The minimum Gasteiger partial charge on any atom is -0.320 e. The van der Waals surface area contributed by atoms with Crippen molar-refractivity contribution in [3.63, 3.8) is 0 Å². The molecule has 0 radical (unpaired) electrons. The van der Waals surface area contributed by atoms with Crippen LogP contribution in [0.3, 0.4) is 0 Å². The van der Waals surface area contributed by atoms with Gasteiger partial charge in [-0.3, -0.25) is 0 Å². The fourth-order valence-electron chi connectivity index (χ4n) is 2.12. The molecule has 76 valence electrons. The fourth-order valence-corrected chi connectivity index (χ4v) is 2.47. The van der Waals surface area contributed by atoms with Crippen LogP contribution in [0.5, 0.6) is 0 Å². The molecule has 14 heavy (non-hydrogen) atoms. The Balaban J connectivity index is 2.28. The molecule has 1 aliphatic rings. The first-order chi connectivity index (χ1) is 6.71. The Labute approximate surface area is 93.0 Å². The molecule has 1 aromatic heterocycles. The van der Waals surface area contributed by atoms with Crippen molar-refractivity contribution in [1.82, 2.24) is 4.98 Å². The summed E-state index contributed by atoms with van der Waals surface area (Å²) in [5.41, 5.74) is 7.22. The summed E-state index contributed by atoms with van der Waals surface area (Å²) in [7, 11) is 0. The predicted molar refractivity (Wildman–Crippen MR) is 60.9 cm³/mol. The molecule has 1 aromatic rings. The average Bonchev–Trinajstić information content (AvgIpc) is 2.19. The first-order valence-electron chi connectivity index (χ1n) is 5.13. The molecule has 3 heteroatoms. The van der Waals surface area contributed by atoms with Gasteiger partial charge in [-0.15, -0.1) is 0 Å². The van der Waals surface area contributed by atoms with Crippen LogP contribution in [-0.4, -0.2) is 4.98 Å². The second kappa shape index (κ2) is 3.99. The maximum Gasteiger partial charge on any atom is 0.106 e. The molecule has 1 heterocycles. The van der Waals surface area contributed by atoms with Crippen molar-refractivity contribution >= 4 is 15.9 Å². The zero-order valence-electron chi connectivity index (χ0n) is 8.17. The van der Waals surface area contributed by atoms with Crippen molar-refractivity contribution in [2.75, 3.05) is 0 Å². The van der Waals surface area contributed by atoms with E-state index in [0.29, 0.717) is 0 Å². The minimum absolute atomic E-state index is 0.179. The minimum atomic E-state index is -0.179. The van der Waals surface area contributed by atoms with Crippen molar-refractivity contribution in [3.05, 3.63) is 28.5 Å². The van der Waals surface area contributed by atoms with Gasteiger partial charge < -0.3 is 5.73 Å². The van der Waals surface area contributed by atoms with E-state index >= 15 is 0 Å². The third kappa shape index (κ3) is 1.98. The lowest BCUT2D eigenvalue weighted by molar-refractivity contribution is 0.295. The third-order valence-corrected chi connectivity index (χ3v) is 3.41. The van der Waals surface area contributed by atoms with Crippen LogP contribution in [0.4, 0.5) is 0 Å². The van der Waals surface area contributed by atoms with Crippen LogP contribution < -0.4 is 5.73 Å². The number of nitrogens with zero attached hydrogens (tertiary/aromatic N) is 1. The van der Waals surface area contributed by atoms with Crippen LogP contribution in [0.25, 0.3) is 0 Å².